The summed E-state index contributed by atoms with van der Waals surface area (Å²) in [5.74, 6) is 1.51. The molecule has 1 N–H and O–H groups in total. The van der Waals surface area contributed by atoms with Gasteiger partial charge in [0.15, 0.2) is 0 Å². The molecule has 1 saturated heterocycles. The Kier molecular flexibility index (Phi) is 5.51. The largest absolute Gasteiger partial charge is 0.460 e. The van der Waals surface area contributed by atoms with Gasteiger partial charge < -0.3 is 24.1 Å². The summed E-state index contributed by atoms with van der Waals surface area (Å²) in [6.45, 7) is 3.04. The molecule has 1 aliphatic heterocycles. The van der Waals surface area contributed by atoms with Gasteiger partial charge in [-0.15, -0.1) is 11.3 Å². The number of benzene rings is 1. The Bertz CT molecular complexity index is 1380. The van der Waals surface area contributed by atoms with Crippen LogP contribution in [0.2, 0.25) is 0 Å². The predicted octanol–water partition coefficient (Wildman–Crippen LogP) is 4.36. The van der Waals surface area contributed by atoms with Crippen LogP contribution >= 0.6 is 11.3 Å². The van der Waals surface area contributed by atoms with Crippen LogP contribution < -0.4 is 10.1 Å². The van der Waals surface area contributed by atoms with Gasteiger partial charge in [-0.3, -0.25) is 14.6 Å². The molecule has 0 aliphatic carbocycles. The van der Waals surface area contributed by atoms with Crippen molar-refractivity contribution in [1.82, 2.24) is 15.2 Å². The minimum absolute atomic E-state index is 0.0160. The lowest BCUT2D eigenvalue weighted by atomic mass is 10.1. The van der Waals surface area contributed by atoms with Crippen molar-refractivity contribution >= 4 is 44.3 Å². The molecule has 33 heavy (non-hydrogen) atoms. The van der Waals surface area contributed by atoms with Gasteiger partial charge >= 0.3 is 0 Å². The summed E-state index contributed by atoms with van der Waals surface area (Å²) < 4.78 is 18.1. The van der Waals surface area contributed by atoms with Crippen LogP contribution in [-0.2, 0) is 4.74 Å². The molecule has 8 nitrogen and oxygen atoms in total. The number of amides is 2. The first-order chi connectivity index (χ1) is 16.0. The summed E-state index contributed by atoms with van der Waals surface area (Å²) in [6, 6.07) is 8.95. The summed E-state index contributed by atoms with van der Waals surface area (Å²) in [5.41, 5.74) is 1.79. The summed E-state index contributed by atoms with van der Waals surface area (Å²) in [7, 11) is 3.26. The lowest BCUT2D eigenvalue weighted by Crippen LogP contribution is -2.29. The lowest BCUT2D eigenvalue weighted by Gasteiger charge is -2.14. The summed E-state index contributed by atoms with van der Waals surface area (Å²) >= 11 is 1.37. The normalized spacial score (nSPS) is 16.0. The van der Waals surface area contributed by atoms with E-state index in [4.69, 9.17) is 13.9 Å². The zero-order valence-corrected chi connectivity index (χ0v) is 19.3. The molecule has 0 radical (unpaired) electrons. The van der Waals surface area contributed by atoms with E-state index in [2.05, 4.69) is 10.3 Å². The third-order valence-electron chi connectivity index (χ3n) is 5.87. The van der Waals surface area contributed by atoms with Crippen LogP contribution in [0.4, 0.5) is 0 Å². The summed E-state index contributed by atoms with van der Waals surface area (Å²) in [6.07, 6.45) is 2.59. The van der Waals surface area contributed by atoms with Gasteiger partial charge in [-0.1, -0.05) is 0 Å². The number of likely N-dealkylation sites (tertiary alicyclic amines) is 1. The molecule has 0 unspecified atom stereocenters. The van der Waals surface area contributed by atoms with Gasteiger partial charge in [0, 0.05) is 51.0 Å². The fraction of sp³-hybridized carbons (Fsp3) is 0.292. The number of furan rings is 1. The van der Waals surface area contributed by atoms with Gasteiger partial charge in [-0.25, -0.2) is 0 Å². The number of carbonyl (C=O) groups excluding carboxylic acids is 2. The number of aromatic nitrogens is 1. The maximum absolute atomic E-state index is 13.0. The Morgan fingerprint density at radius 2 is 2.12 bits per heavy atom. The first kappa shape index (κ1) is 21.4. The smallest absolute Gasteiger partial charge is 0.264 e. The molecule has 3 aromatic heterocycles. The molecule has 4 heterocycles. The lowest BCUT2D eigenvalue weighted by molar-refractivity contribution is 0.0728. The van der Waals surface area contributed by atoms with Crippen LogP contribution in [0.15, 0.2) is 40.9 Å². The highest BCUT2D eigenvalue weighted by Gasteiger charge is 2.28. The van der Waals surface area contributed by atoms with Gasteiger partial charge in [-0.2, -0.15) is 0 Å². The maximum atomic E-state index is 13.0. The SMILES string of the molecule is CNC(=O)c1c(C)oc2cc(Oc3ccnc4cc(C(=O)N5CC[C@@H](OC)C5)sc34)ccc12. The van der Waals surface area contributed by atoms with Gasteiger partial charge in [0.05, 0.1) is 26.8 Å². The molecule has 1 atom stereocenters. The van der Waals surface area contributed by atoms with E-state index in [0.717, 1.165) is 16.5 Å². The Hall–Kier alpha value is -3.43. The van der Waals surface area contributed by atoms with Gasteiger partial charge in [-0.05, 0) is 31.5 Å². The van der Waals surface area contributed by atoms with Crippen molar-refractivity contribution in [2.45, 2.75) is 19.4 Å². The number of hydrogen-bond acceptors (Lipinski definition) is 7. The standard InChI is InChI=1S/C24H23N3O5S/c1-13-21(23(28)25-2)16-5-4-14(10-19(16)31-13)32-18-6-8-26-17-11-20(33-22(17)18)24(29)27-9-7-15(12-27)30-3/h4-6,8,10-11,15H,7,9,12H2,1-3H3,(H,25,28)/t15-/m1/s1. The number of nitrogens with one attached hydrogen (secondary N) is 1. The van der Waals surface area contributed by atoms with E-state index in [-0.39, 0.29) is 17.9 Å². The van der Waals surface area contributed by atoms with Crippen molar-refractivity contribution in [2.24, 2.45) is 0 Å². The Morgan fingerprint density at radius 3 is 2.88 bits per heavy atom. The minimum Gasteiger partial charge on any atom is -0.460 e. The molecule has 1 fully saturated rings. The molecule has 2 amide bonds. The minimum atomic E-state index is -0.193. The second kappa shape index (κ2) is 8.49. The average molecular weight is 466 g/mol. The number of carbonyl (C=O) groups is 2. The fourth-order valence-electron chi connectivity index (χ4n) is 4.16. The number of methoxy groups -OCH3 is 1. The Balaban J connectivity index is 1.44. The molecule has 4 aromatic rings. The highest BCUT2D eigenvalue weighted by atomic mass is 32.1. The van der Waals surface area contributed by atoms with E-state index >= 15 is 0 Å². The number of aryl methyl sites for hydroxylation is 1. The number of nitrogens with zero attached hydrogens (tertiary/aromatic N) is 2. The van der Waals surface area contributed by atoms with Crippen molar-refractivity contribution in [1.29, 1.82) is 0 Å². The Labute approximate surface area is 194 Å². The number of rotatable bonds is 5. The van der Waals surface area contributed by atoms with E-state index < -0.39 is 0 Å². The van der Waals surface area contributed by atoms with Crippen LogP contribution in [0.1, 0.15) is 32.2 Å². The molecule has 0 saturated carbocycles. The Morgan fingerprint density at radius 1 is 1.27 bits per heavy atom. The van der Waals surface area contributed by atoms with E-state index in [1.165, 1.54) is 11.3 Å². The van der Waals surface area contributed by atoms with Crippen LogP contribution in [0, 0.1) is 6.92 Å². The highest BCUT2D eigenvalue weighted by Crippen LogP contribution is 2.37. The fourth-order valence-corrected chi connectivity index (χ4v) is 5.19. The molecule has 1 aromatic carbocycles. The molecule has 170 valence electrons. The molecule has 0 spiro atoms. The zero-order chi connectivity index (χ0) is 23.1. The third-order valence-corrected chi connectivity index (χ3v) is 7.00. The average Bonchev–Trinajstić information content (AvgIpc) is 3.54. The van der Waals surface area contributed by atoms with Crippen molar-refractivity contribution in [2.75, 3.05) is 27.2 Å². The summed E-state index contributed by atoms with van der Waals surface area (Å²) in [5, 5.41) is 3.36. The number of thiophene rings is 1. The monoisotopic (exact) mass is 465 g/mol. The van der Waals surface area contributed by atoms with Crippen LogP contribution in [0.5, 0.6) is 11.5 Å². The van der Waals surface area contributed by atoms with Crippen molar-refractivity contribution in [3.8, 4) is 11.5 Å². The number of ether oxygens (including phenoxy) is 2. The molecule has 0 bridgehead atoms. The van der Waals surface area contributed by atoms with Gasteiger partial charge in [0.2, 0.25) is 0 Å². The third kappa shape index (κ3) is 3.83. The molecule has 1 aliphatic rings. The van der Waals surface area contributed by atoms with Crippen LogP contribution in [0.3, 0.4) is 0 Å². The number of fused-ring (bicyclic) bond motifs is 2. The van der Waals surface area contributed by atoms with Crippen molar-refractivity contribution < 1.29 is 23.5 Å². The second-order valence-corrected chi connectivity index (χ2v) is 8.96. The van der Waals surface area contributed by atoms with E-state index in [1.807, 2.05) is 17.0 Å². The van der Waals surface area contributed by atoms with Crippen LogP contribution in [0.25, 0.3) is 21.2 Å². The second-order valence-electron chi connectivity index (χ2n) is 7.90. The van der Waals surface area contributed by atoms with Crippen LogP contribution in [-0.4, -0.2) is 55.0 Å². The zero-order valence-electron chi connectivity index (χ0n) is 18.5. The predicted molar refractivity (Wildman–Crippen MR) is 125 cm³/mol. The maximum Gasteiger partial charge on any atom is 0.264 e. The van der Waals surface area contributed by atoms with E-state index in [1.54, 1.807) is 45.5 Å². The van der Waals surface area contributed by atoms with Crippen molar-refractivity contribution in [3.63, 3.8) is 0 Å². The first-order valence-corrected chi connectivity index (χ1v) is 11.4. The van der Waals surface area contributed by atoms with Gasteiger partial charge in [0.25, 0.3) is 11.8 Å². The molecule has 9 heteroatoms. The molecule has 5 rings (SSSR count). The summed E-state index contributed by atoms with van der Waals surface area (Å²) in [4.78, 5) is 32.0. The molecular weight excluding hydrogens is 442 g/mol. The topological polar surface area (TPSA) is 93.9 Å². The van der Waals surface area contributed by atoms with Crippen molar-refractivity contribution in [3.05, 3.63) is 52.7 Å². The quantitative estimate of drug-likeness (QED) is 0.471. The highest BCUT2D eigenvalue weighted by molar-refractivity contribution is 7.21. The van der Waals surface area contributed by atoms with E-state index in [0.29, 0.717) is 51.9 Å². The number of hydrogen-bond donors (Lipinski definition) is 1. The van der Waals surface area contributed by atoms with E-state index in [9.17, 15) is 9.59 Å². The number of pyridine rings is 1. The first-order valence-electron chi connectivity index (χ1n) is 10.6. The van der Waals surface area contributed by atoms with Gasteiger partial charge in [0.1, 0.15) is 22.8 Å². The molecular formula is C24H23N3O5S.